The van der Waals surface area contributed by atoms with Crippen molar-refractivity contribution in [1.82, 2.24) is 19.8 Å². The average molecular weight is 321 g/mol. The summed E-state index contributed by atoms with van der Waals surface area (Å²) in [5.41, 5.74) is 1.77. The number of amides is 1. The SMILES string of the molecule is CN(Cc1nc2ccc(Cl)cc2[nH]1)C(=O)[C@@H]1CCCCN1C. The molecule has 1 atom stereocenters. The third-order valence-electron chi connectivity index (χ3n) is 4.31. The van der Waals surface area contributed by atoms with Gasteiger partial charge in [0.1, 0.15) is 5.82 Å². The summed E-state index contributed by atoms with van der Waals surface area (Å²) in [5.74, 6) is 0.951. The monoisotopic (exact) mass is 320 g/mol. The number of H-pyrrole nitrogens is 1. The Bertz CT molecular complexity index is 684. The Morgan fingerprint density at radius 3 is 3.09 bits per heavy atom. The van der Waals surface area contributed by atoms with Crippen molar-refractivity contribution in [3.05, 3.63) is 29.0 Å². The largest absolute Gasteiger partial charge is 0.340 e. The maximum absolute atomic E-state index is 12.6. The van der Waals surface area contributed by atoms with Crippen molar-refractivity contribution in [3.63, 3.8) is 0 Å². The fourth-order valence-corrected chi connectivity index (χ4v) is 3.23. The average Bonchev–Trinajstić information content (AvgIpc) is 2.88. The summed E-state index contributed by atoms with van der Waals surface area (Å²) in [5, 5.41) is 0.677. The van der Waals surface area contributed by atoms with Gasteiger partial charge in [-0.15, -0.1) is 0 Å². The Balaban J connectivity index is 1.71. The first kappa shape index (κ1) is 15.3. The van der Waals surface area contributed by atoms with Crippen molar-refractivity contribution < 1.29 is 4.79 Å². The van der Waals surface area contributed by atoms with Crippen LogP contribution in [0.3, 0.4) is 0 Å². The zero-order valence-corrected chi connectivity index (χ0v) is 13.7. The van der Waals surface area contributed by atoms with Crippen LogP contribution in [0.4, 0.5) is 0 Å². The second-order valence-electron chi connectivity index (χ2n) is 6.03. The molecule has 1 N–H and O–H groups in total. The number of likely N-dealkylation sites (N-methyl/N-ethyl adjacent to an activating group) is 2. The van der Waals surface area contributed by atoms with Gasteiger partial charge < -0.3 is 9.88 Å². The number of aromatic nitrogens is 2. The van der Waals surface area contributed by atoms with E-state index in [0.717, 1.165) is 36.2 Å². The molecule has 0 spiro atoms. The van der Waals surface area contributed by atoms with E-state index in [4.69, 9.17) is 11.6 Å². The summed E-state index contributed by atoms with van der Waals surface area (Å²) in [4.78, 5) is 24.3. The van der Waals surface area contributed by atoms with E-state index in [0.29, 0.717) is 11.6 Å². The van der Waals surface area contributed by atoms with Crippen LogP contribution in [0.5, 0.6) is 0 Å². The number of aromatic amines is 1. The van der Waals surface area contributed by atoms with Gasteiger partial charge in [0.05, 0.1) is 23.6 Å². The molecule has 0 aliphatic carbocycles. The number of halogens is 1. The predicted molar refractivity (Wildman–Crippen MR) is 87.8 cm³/mol. The van der Waals surface area contributed by atoms with Crippen LogP contribution in [0.1, 0.15) is 25.1 Å². The Morgan fingerprint density at radius 1 is 1.50 bits per heavy atom. The third-order valence-corrected chi connectivity index (χ3v) is 4.55. The first-order valence-corrected chi connectivity index (χ1v) is 8.02. The van der Waals surface area contributed by atoms with Crippen molar-refractivity contribution in [1.29, 1.82) is 0 Å². The summed E-state index contributed by atoms with van der Waals surface area (Å²) in [6, 6.07) is 5.55. The zero-order chi connectivity index (χ0) is 15.7. The number of nitrogens with zero attached hydrogens (tertiary/aromatic N) is 3. The number of hydrogen-bond donors (Lipinski definition) is 1. The Labute approximate surface area is 135 Å². The van der Waals surface area contributed by atoms with Crippen molar-refractivity contribution >= 4 is 28.5 Å². The van der Waals surface area contributed by atoms with Gasteiger partial charge in [-0.05, 0) is 44.6 Å². The second-order valence-corrected chi connectivity index (χ2v) is 6.47. The van der Waals surface area contributed by atoms with Gasteiger partial charge in [-0.2, -0.15) is 0 Å². The lowest BCUT2D eigenvalue weighted by Gasteiger charge is -2.33. The van der Waals surface area contributed by atoms with Crippen LogP contribution < -0.4 is 0 Å². The molecule has 1 aromatic heterocycles. The number of benzene rings is 1. The maximum Gasteiger partial charge on any atom is 0.240 e. The molecule has 2 aromatic rings. The summed E-state index contributed by atoms with van der Waals surface area (Å²) >= 11 is 5.98. The molecular formula is C16H21ClN4O. The number of nitrogens with one attached hydrogen (secondary N) is 1. The molecule has 5 nitrogen and oxygen atoms in total. The first-order valence-electron chi connectivity index (χ1n) is 7.64. The van der Waals surface area contributed by atoms with Crippen LogP contribution in [0, 0.1) is 0 Å². The number of fused-ring (bicyclic) bond motifs is 1. The normalized spacial score (nSPS) is 19.5. The minimum atomic E-state index is -0.00225. The number of carbonyl (C=O) groups excluding carboxylic acids is 1. The van der Waals surface area contributed by atoms with Crippen molar-refractivity contribution in [2.75, 3.05) is 20.6 Å². The van der Waals surface area contributed by atoms with Crippen LogP contribution >= 0.6 is 11.6 Å². The molecule has 1 aliphatic heterocycles. The number of hydrogen-bond acceptors (Lipinski definition) is 3. The molecular weight excluding hydrogens is 300 g/mol. The van der Waals surface area contributed by atoms with Crippen molar-refractivity contribution in [2.24, 2.45) is 0 Å². The molecule has 0 radical (unpaired) electrons. The highest BCUT2D eigenvalue weighted by Crippen LogP contribution is 2.19. The van der Waals surface area contributed by atoms with E-state index in [-0.39, 0.29) is 11.9 Å². The van der Waals surface area contributed by atoms with Crippen LogP contribution in [-0.2, 0) is 11.3 Å². The Kier molecular flexibility index (Phi) is 4.36. The Hall–Kier alpha value is -1.59. The van der Waals surface area contributed by atoms with Crippen LogP contribution in [0.25, 0.3) is 11.0 Å². The number of likely N-dealkylation sites (tertiary alicyclic amines) is 1. The van der Waals surface area contributed by atoms with E-state index < -0.39 is 0 Å². The van der Waals surface area contributed by atoms with Crippen LogP contribution in [0.2, 0.25) is 5.02 Å². The molecule has 1 aliphatic rings. The molecule has 22 heavy (non-hydrogen) atoms. The summed E-state index contributed by atoms with van der Waals surface area (Å²) in [6.45, 7) is 1.48. The lowest BCUT2D eigenvalue weighted by atomic mass is 10.0. The minimum Gasteiger partial charge on any atom is -0.340 e. The highest BCUT2D eigenvalue weighted by molar-refractivity contribution is 6.31. The number of imidazole rings is 1. The quantitative estimate of drug-likeness (QED) is 0.946. The molecule has 1 aromatic carbocycles. The number of piperidine rings is 1. The highest BCUT2D eigenvalue weighted by atomic mass is 35.5. The summed E-state index contributed by atoms with van der Waals surface area (Å²) in [6.07, 6.45) is 3.24. The van der Waals surface area contributed by atoms with Crippen molar-refractivity contribution in [2.45, 2.75) is 31.8 Å². The molecule has 3 rings (SSSR count). The van der Waals surface area contributed by atoms with Gasteiger partial charge in [-0.1, -0.05) is 18.0 Å². The van der Waals surface area contributed by atoms with Crippen LogP contribution in [-0.4, -0.2) is 52.4 Å². The predicted octanol–water partition coefficient (Wildman–Crippen LogP) is 2.66. The minimum absolute atomic E-state index is 0.00225. The van der Waals surface area contributed by atoms with Gasteiger partial charge in [0.25, 0.3) is 0 Å². The fraction of sp³-hybridized carbons (Fsp3) is 0.500. The summed E-state index contributed by atoms with van der Waals surface area (Å²) < 4.78 is 0. The first-order chi connectivity index (χ1) is 10.5. The lowest BCUT2D eigenvalue weighted by molar-refractivity contribution is -0.136. The molecule has 6 heteroatoms. The Morgan fingerprint density at radius 2 is 2.32 bits per heavy atom. The molecule has 1 amide bonds. The molecule has 0 saturated carbocycles. The molecule has 118 valence electrons. The van der Waals surface area contributed by atoms with Gasteiger partial charge in [0.15, 0.2) is 0 Å². The summed E-state index contributed by atoms with van der Waals surface area (Å²) in [7, 11) is 3.86. The molecule has 0 unspecified atom stereocenters. The van der Waals surface area contributed by atoms with E-state index in [9.17, 15) is 4.79 Å². The van der Waals surface area contributed by atoms with E-state index in [1.807, 2.05) is 32.3 Å². The zero-order valence-electron chi connectivity index (χ0n) is 13.0. The highest BCUT2D eigenvalue weighted by Gasteiger charge is 2.28. The van der Waals surface area contributed by atoms with E-state index in [1.165, 1.54) is 6.42 Å². The maximum atomic E-state index is 12.6. The molecule has 1 saturated heterocycles. The number of rotatable bonds is 3. The fourth-order valence-electron chi connectivity index (χ4n) is 3.05. The molecule has 1 fully saturated rings. The number of carbonyl (C=O) groups is 1. The van der Waals surface area contributed by atoms with Gasteiger partial charge in [-0.3, -0.25) is 9.69 Å². The second kappa shape index (κ2) is 6.26. The smallest absolute Gasteiger partial charge is 0.240 e. The lowest BCUT2D eigenvalue weighted by Crippen LogP contribution is -2.47. The third kappa shape index (κ3) is 3.10. The van der Waals surface area contributed by atoms with Crippen LogP contribution in [0.15, 0.2) is 18.2 Å². The standard InChI is InChI=1S/C16H21ClN4O/c1-20-8-4-3-5-14(20)16(22)21(2)10-15-18-12-7-6-11(17)9-13(12)19-15/h6-7,9,14H,3-5,8,10H2,1-2H3,(H,18,19)/t14-/m0/s1. The topological polar surface area (TPSA) is 52.2 Å². The van der Waals surface area contributed by atoms with Gasteiger partial charge in [0.2, 0.25) is 5.91 Å². The van der Waals surface area contributed by atoms with Crippen molar-refractivity contribution in [3.8, 4) is 0 Å². The van der Waals surface area contributed by atoms with Gasteiger partial charge in [0, 0.05) is 12.1 Å². The molecule has 2 heterocycles. The van der Waals surface area contributed by atoms with E-state index in [2.05, 4.69) is 14.9 Å². The van der Waals surface area contributed by atoms with Gasteiger partial charge in [-0.25, -0.2) is 4.98 Å². The van der Waals surface area contributed by atoms with E-state index in [1.54, 1.807) is 4.90 Å². The van der Waals surface area contributed by atoms with E-state index >= 15 is 0 Å². The molecule has 0 bridgehead atoms. The van der Waals surface area contributed by atoms with Gasteiger partial charge >= 0.3 is 0 Å².